The van der Waals surface area contributed by atoms with Gasteiger partial charge in [0.1, 0.15) is 29.4 Å². The van der Waals surface area contributed by atoms with Crippen molar-refractivity contribution in [1.29, 1.82) is 0 Å². The highest BCUT2D eigenvalue weighted by Crippen LogP contribution is 2.25. The van der Waals surface area contributed by atoms with Crippen LogP contribution in [0.3, 0.4) is 0 Å². The third-order valence-electron chi connectivity index (χ3n) is 3.11. The first kappa shape index (κ1) is 13.2. The molecule has 1 N–H and O–H groups in total. The predicted molar refractivity (Wildman–Crippen MR) is 76.0 cm³/mol. The quantitative estimate of drug-likeness (QED) is 0.747. The van der Waals surface area contributed by atoms with Crippen LogP contribution in [-0.4, -0.2) is 16.2 Å². The third-order valence-corrected chi connectivity index (χ3v) is 3.11. The topological polar surface area (TPSA) is 72.6 Å². The maximum absolute atomic E-state index is 12.0. The van der Waals surface area contributed by atoms with Crippen molar-refractivity contribution in [2.45, 2.75) is 13.5 Å². The summed E-state index contributed by atoms with van der Waals surface area (Å²) >= 11 is 0. The van der Waals surface area contributed by atoms with E-state index in [9.17, 15) is 9.90 Å². The second-order valence-corrected chi connectivity index (χ2v) is 4.72. The van der Waals surface area contributed by atoms with Crippen LogP contribution in [0.25, 0.3) is 10.8 Å². The Labute approximate surface area is 120 Å². The number of esters is 1. The van der Waals surface area contributed by atoms with Crippen molar-refractivity contribution in [1.82, 2.24) is 5.16 Å². The summed E-state index contributed by atoms with van der Waals surface area (Å²) in [6, 6.07) is 12.3. The number of carbonyl (C=O) groups excluding carboxylic acids is 1. The fourth-order valence-corrected chi connectivity index (χ4v) is 2.09. The van der Waals surface area contributed by atoms with Gasteiger partial charge in [-0.1, -0.05) is 29.4 Å². The molecule has 3 aromatic rings. The van der Waals surface area contributed by atoms with Gasteiger partial charge in [0.25, 0.3) is 0 Å². The summed E-state index contributed by atoms with van der Waals surface area (Å²) < 4.78 is 10.0. The summed E-state index contributed by atoms with van der Waals surface area (Å²) in [5, 5.41) is 15.4. The molecule has 3 rings (SSSR count). The molecule has 0 fully saturated rings. The van der Waals surface area contributed by atoms with Gasteiger partial charge < -0.3 is 14.4 Å². The van der Waals surface area contributed by atoms with Gasteiger partial charge in [0.15, 0.2) is 0 Å². The number of fused-ring (bicyclic) bond motifs is 1. The largest absolute Gasteiger partial charge is 0.507 e. The number of aromatic nitrogens is 1. The van der Waals surface area contributed by atoms with Crippen LogP contribution in [0.15, 0.2) is 47.0 Å². The number of carbonyl (C=O) groups is 1. The SMILES string of the molecule is Cc1cc(COC(=O)c2cc3ccccc3cc2O)no1. The Morgan fingerprint density at radius 3 is 2.62 bits per heavy atom. The van der Waals surface area contributed by atoms with Crippen molar-refractivity contribution in [2.75, 3.05) is 0 Å². The molecule has 0 aliphatic rings. The summed E-state index contributed by atoms with van der Waals surface area (Å²) in [4.78, 5) is 12.0. The third kappa shape index (κ3) is 2.72. The number of aryl methyl sites for hydroxylation is 1. The van der Waals surface area contributed by atoms with E-state index < -0.39 is 5.97 Å². The summed E-state index contributed by atoms with van der Waals surface area (Å²) in [5.74, 6) is -0.0523. The minimum Gasteiger partial charge on any atom is -0.507 e. The lowest BCUT2D eigenvalue weighted by molar-refractivity contribution is 0.0461. The number of rotatable bonds is 3. The van der Waals surface area contributed by atoms with Crippen LogP contribution in [0, 0.1) is 6.92 Å². The molecule has 0 saturated heterocycles. The monoisotopic (exact) mass is 283 g/mol. The fraction of sp³-hybridized carbons (Fsp3) is 0.125. The van der Waals surface area contributed by atoms with E-state index in [0.29, 0.717) is 11.5 Å². The molecule has 0 unspecified atom stereocenters. The Bertz CT molecular complexity index is 807. The molecule has 106 valence electrons. The van der Waals surface area contributed by atoms with Gasteiger partial charge in [0, 0.05) is 6.07 Å². The van der Waals surface area contributed by atoms with E-state index in [2.05, 4.69) is 5.16 Å². The second kappa shape index (κ2) is 5.28. The van der Waals surface area contributed by atoms with Gasteiger partial charge in [-0.25, -0.2) is 4.79 Å². The van der Waals surface area contributed by atoms with Crippen LogP contribution in [-0.2, 0) is 11.3 Å². The van der Waals surface area contributed by atoms with Crippen molar-refractivity contribution in [2.24, 2.45) is 0 Å². The highest BCUT2D eigenvalue weighted by molar-refractivity contribution is 5.98. The number of hydrogen-bond acceptors (Lipinski definition) is 5. The Balaban J connectivity index is 1.82. The zero-order valence-corrected chi connectivity index (χ0v) is 11.4. The molecule has 0 aliphatic carbocycles. The van der Waals surface area contributed by atoms with E-state index in [1.807, 2.05) is 24.3 Å². The number of nitrogens with zero attached hydrogens (tertiary/aromatic N) is 1. The number of phenols is 1. The van der Waals surface area contributed by atoms with Crippen LogP contribution in [0.4, 0.5) is 0 Å². The number of hydrogen-bond donors (Lipinski definition) is 1. The Hall–Kier alpha value is -2.82. The summed E-state index contributed by atoms with van der Waals surface area (Å²) in [6.45, 7) is 1.76. The number of ether oxygens (including phenoxy) is 1. The van der Waals surface area contributed by atoms with E-state index in [0.717, 1.165) is 10.8 Å². The molecular weight excluding hydrogens is 270 g/mol. The lowest BCUT2D eigenvalue weighted by atomic mass is 10.1. The van der Waals surface area contributed by atoms with Crippen molar-refractivity contribution >= 4 is 16.7 Å². The summed E-state index contributed by atoms with van der Waals surface area (Å²) in [6.07, 6.45) is 0. The van der Waals surface area contributed by atoms with Crippen LogP contribution < -0.4 is 0 Å². The minimum atomic E-state index is -0.598. The first-order valence-electron chi connectivity index (χ1n) is 6.44. The predicted octanol–water partition coefficient (Wildman–Crippen LogP) is 3.20. The fourth-order valence-electron chi connectivity index (χ4n) is 2.09. The van der Waals surface area contributed by atoms with E-state index in [4.69, 9.17) is 9.26 Å². The molecule has 0 aliphatic heterocycles. The van der Waals surface area contributed by atoms with E-state index in [1.165, 1.54) is 0 Å². The average molecular weight is 283 g/mol. The van der Waals surface area contributed by atoms with Gasteiger partial charge in [-0.15, -0.1) is 0 Å². The van der Waals surface area contributed by atoms with E-state index >= 15 is 0 Å². The summed E-state index contributed by atoms with van der Waals surface area (Å²) in [7, 11) is 0. The number of aromatic hydroxyl groups is 1. The number of phenolic OH excluding ortho intramolecular Hbond substituents is 1. The molecule has 0 spiro atoms. The van der Waals surface area contributed by atoms with E-state index in [1.54, 1.807) is 25.1 Å². The maximum Gasteiger partial charge on any atom is 0.342 e. The van der Waals surface area contributed by atoms with Crippen LogP contribution in [0.1, 0.15) is 21.8 Å². The van der Waals surface area contributed by atoms with Crippen molar-refractivity contribution in [3.8, 4) is 5.75 Å². The van der Waals surface area contributed by atoms with Crippen LogP contribution in [0.2, 0.25) is 0 Å². The molecular formula is C16H13NO4. The Morgan fingerprint density at radius 1 is 1.24 bits per heavy atom. The smallest absolute Gasteiger partial charge is 0.342 e. The molecule has 21 heavy (non-hydrogen) atoms. The highest BCUT2D eigenvalue weighted by atomic mass is 16.5. The number of benzene rings is 2. The minimum absolute atomic E-state index is 0.00242. The van der Waals surface area contributed by atoms with Gasteiger partial charge >= 0.3 is 5.97 Å². The molecule has 0 radical (unpaired) electrons. The van der Waals surface area contributed by atoms with Gasteiger partial charge in [0.05, 0.1) is 0 Å². The molecule has 0 amide bonds. The molecule has 2 aromatic carbocycles. The van der Waals surface area contributed by atoms with Gasteiger partial charge in [-0.3, -0.25) is 0 Å². The molecule has 5 heteroatoms. The van der Waals surface area contributed by atoms with Gasteiger partial charge in [-0.2, -0.15) is 0 Å². The first-order chi connectivity index (χ1) is 10.1. The van der Waals surface area contributed by atoms with Gasteiger partial charge in [-0.05, 0) is 29.8 Å². The molecule has 0 saturated carbocycles. The molecule has 5 nitrogen and oxygen atoms in total. The normalized spacial score (nSPS) is 10.7. The van der Waals surface area contributed by atoms with Crippen molar-refractivity contribution in [3.05, 3.63) is 59.5 Å². The van der Waals surface area contributed by atoms with Crippen molar-refractivity contribution in [3.63, 3.8) is 0 Å². The Kier molecular flexibility index (Phi) is 3.31. The maximum atomic E-state index is 12.0. The lowest BCUT2D eigenvalue weighted by Crippen LogP contribution is -2.05. The average Bonchev–Trinajstić information content (AvgIpc) is 2.89. The van der Waals surface area contributed by atoms with Gasteiger partial charge in [0.2, 0.25) is 0 Å². The molecule has 1 aromatic heterocycles. The molecule has 0 bridgehead atoms. The second-order valence-electron chi connectivity index (χ2n) is 4.72. The van der Waals surface area contributed by atoms with Crippen molar-refractivity contribution < 1.29 is 19.2 Å². The van der Waals surface area contributed by atoms with Crippen LogP contribution in [0.5, 0.6) is 5.75 Å². The zero-order valence-electron chi connectivity index (χ0n) is 11.4. The summed E-state index contributed by atoms with van der Waals surface area (Å²) in [5.41, 5.74) is 0.662. The zero-order chi connectivity index (χ0) is 14.8. The standard InChI is InChI=1S/C16H13NO4/c1-10-6-13(17-21-10)9-20-16(19)14-7-11-4-2-3-5-12(11)8-15(14)18/h2-8,18H,9H2,1H3. The Morgan fingerprint density at radius 2 is 1.95 bits per heavy atom. The first-order valence-corrected chi connectivity index (χ1v) is 6.44. The van der Waals surface area contributed by atoms with E-state index in [-0.39, 0.29) is 17.9 Å². The highest BCUT2D eigenvalue weighted by Gasteiger charge is 2.14. The lowest BCUT2D eigenvalue weighted by Gasteiger charge is -2.06. The van der Waals surface area contributed by atoms with Crippen LogP contribution >= 0.6 is 0 Å². The molecule has 0 atom stereocenters. The molecule has 1 heterocycles.